The number of fused-ring (bicyclic) bond motifs is 1. The normalized spacial score (nSPS) is 18.5. The van der Waals surface area contributed by atoms with E-state index < -0.39 is 34.5 Å². The summed E-state index contributed by atoms with van der Waals surface area (Å²) in [6.07, 6.45) is -5.25. The van der Waals surface area contributed by atoms with Gasteiger partial charge >= 0.3 is 12.3 Å². The summed E-state index contributed by atoms with van der Waals surface area (Å²) in [5, 5.41) is 1.26. The van der Waals surface area contributed by atoms with Gasteiger partial charge in [0.25, 0.3) is 0 Å². The number of carbonyl (C=O) groups excluding carboxylic acids is 2. The Balaban J connectivity index is 2.18. The molecule has 0 radical (unpaired) electrons. The molecular weight excluding hydrogens is 459 g/mol. The highest BCUT2D eigenvalue weighted by atomic mass is 35.5. The molecule has 1 aliphatic heterocycles. The van der Waals surface area contributed by atoms with E-state index in [4.69, 9.17) is 16.3 Å². The summed E-state index contributed by atoms with van der Waals surface area (Å²) in [4.78, 5) is 24.6. The third kappa shape index (κ3) is 5.37. The zero-order valence-electron chi connectivity index (χ0n) is 16.3. The number of ether oxygens (including phenoxy) is 3. The first-order valence-corrected chi connectivity index (χ1v) is 10.2. The van der Waals surface area contributed by atoms with Crippen molar-refractivity contribution in [1.29, 1.82) is 0 Å². The Morgan fingerprint density at radius 1 is 1.19 bits per heavy atom. The van der Waals surface area contributed by atoms with Crippen LogP contribution in [0, 0.1) is 0 Å². The van der Waals surface area contributed by atoms with Crippen LogP contribution in [-0.2, 0) is 14.3 Å². The van der Waals surface area contributed by atoms with Gasteiger partial charge in [-0.15, -0.1) is 24.9 Å². The van der Waals surface area contributed by atoms with E-state index in [2.05, 4.69) is 14.8 Å². The minimum absolute atomic E-state index is 0.108. The summed E-state index contributed by atoms with van der Waals surface area (Å²) >= 11 is 7.13. The van der Waals surface area contributed by atoms with Gasteiger partial charge in [0.15, 0.2) is 11.5 Å². The van der Waals surface area contributed by atoms with Crippen molar-refractivity contribution < 1.29 is 37.0 Å². The molecule has 2 unspecified atom stereocenters. The fourth-order valence-corrected chi connectivity index (χ4v) is 4.72. The van der Waals surface area contributed by atoms with Crippen molar-refractivity contribution in [1.82, 2.24) is 0 Å². The predicted molar refractivity (Wildman–Crippen MR) is 110 cm³/mol. The van der Waals surface area contributed by atoms with Crippen LogP contribution in [-0.4, -0.2) is 37.7 Å². The number of thioether (sulfide) groups is 1. The van der Waals surface area contributed by atoms with Crippen LogP contribution in [0.3, 0.4) is 0 Å². The van der Waals surface area contributed by atoms with E-state index in [9.17, 15) is 22.8 Å². The Morgan fingerprint density at radius 2 is 1.94 bits per heavy atom. The number of benzene rings is 2. The van der Waals surface area contributed by atoms with E-state index >= 15 is 0 Å². The molecular formula is C20H17ClF3NO5S. The molecule has 1 amide bonds. The lowest BCUT2D eigenvalue weighted by atomic mass is 10.0. The molecule has 2 aromatic carbocycles. The molecule has 0 saturated carbocycles. The first kappa shape index (κ1) is 23.1. The quantitative estimate of drug-likeness (QED) is 0.617. The molecule has 0 aromatic heterocycles. The van der Waals surface area contributed by atoms with Gasteiger partial charge in [0, 0.05) is 16.3 Å². The van der Waals surface area contributed by atoms with Crippen LogP contribution < -0.4 is 14.8 Å². The first-order valence-electron chi connectivity index (χ1n) is 8.88. The number of anilines is 1. The van der Waals surface area contributed by atoms with Crippen LogP contribution in [0.2, 0.25) is 5.02 Å². The summed E-state index contributed by atoms with van der Waals surface area (Å²) < 4.78 is 53.5. The minimum atomic E-state index is -4.98. The minimum Gasteiger partial charge on any atom is -0.493 e. The predicted octanol–water partition coefficient (Wildman–Crippen LogP) is 4.95. The SMILES string of the molecule is COC(=O)CC1SC(c2cccc(OC)c2OC(F)(F)F)c2cc(Cl)ccc2NC1=O. The second kappa shape index (κ2) is 9.27. The molecule has 2 atom stereocenters. The van der Waals surface area contributed by atoms with E-state index in [0.29, 0.717) is 16.3 Å². The molecule has 0 aliphatic carbocycles. The molecule has 0 saturated heterocycles. The fourth-order valence-electron chi connectivity index (χ4n) is 3.12. The van der Waals surface area contributed by atoms with Gasteiger partial charge in [0.1, 0.15) is 0 Å². The van der Waals surface area contributed by atoms with Gasteiger partial charge < -0.3 is 19.5 Å². The van der Waals surface area contributed by atoms with Crippen LogP contribution >= 0.6 is 23.4 Å². The summed E-state index contributed by atoms with van der Waals surface area (Å²) in [6, 6.07) is 8.93. The molecule has 1 aliphatic rings. The highest BCUT2D eigenvalue weighted by Crippen LogP contribution is 2.50. The molecule has 166 valence electrons. The average Bonchev–Trinajstić information content (AvgIpc) is 2.83. The number of esters is 1. The smallest absolute Gasteiger partial charge is 0.493 e. The van der Waals surface area contributed by atoms with Crippen molar-refractivity contribution in [3.05, 3.63) is 52.5 Å². The molecule has 0 fully saturated rings. The van der Waals surface area contributed by atoms with Crippen LogP contribution in [0.1, 0.15) is 22.8 Å². The maximum absolute atomic E-state index is 13.2. The number of methoxy groups -OCH3 is 2. The van der Waals surface area contributed by atoms with Crippen LogP contribution in [0.5, 0.6) is 11.5 Å². The third-order valence-corrected chi connectivity index (χ3v) is 6.18. The highest BCUT2D eigenvalue weighted by Gasteiger charge is 2.38. The number of nitrogens with one attached hydrogen (secondary N) is 1. The molecule has 1 heterocycles. The largest absolute Gasteiger partial charge is 0.573 e. The zero-order valence-corrected chi connectivity index (χ0v) is 17.9. The second-order valence-electron chi connectivity index (χ2n) is 6.43. The lowest BCUT2D eigenvalue weighted by molar-refractivity contribution is -0.275. The van der Waals surface area contributed by atoms with E-state index in [0.717, 1.165) is 11.8 Å². The van der Waals surface area contributed by atoms with Gasteiger partial charge in [-0.2, -0.15) is 0 Å². The number of hydrogen-bond acceptors (Lipinski definition) is 6. The Bertz CT molecular complexity index is 1000. The summed E-state index contributed by atoms with van der Waals surface area (Å²) in [7, 11) is 2.41. The van der Waals surface area contributed by atoms with E-state index in [1.54, 1.807) is 18.2 Å². The lowest BCUT2D eigenvalue weighted by Gasteiger charge is -2.24. The number of alkyl halides is 3. The second-order valence-corrected chi connectivity index (χ2v) is 8.18. The van der Waals surface area contributed by atoms with Crippen LogP contribution in [0.25, 0.3) is 0 Å². The molecule has 11 heteroatoms. The van der Waals surface area contributed by atoms with Crippen molar-refractivity contribution in [2.45, 2.75) is 23.3 Å². The monoisotopic (exact) mass is 475 g/mol. The van der Waals surface area contributed by atoms with Crippen molar-refractivity contribution in [3.8, 4) is 11.5 Å². The molecule has 2 aromatic rings. The fraction of sp³-hybridized carbons (Fsp3) is 0.300. The highest BCUT2D eigenvalue weighted by molar-refractivity contribution is 8.01. The standard InChI is InChI=1S/C20H17ClF3NO5S/c1-28-14-5-3-4-11(17(14)30-20(22,23)24)18-12-8-10(21)6-7-13(12)25-19(27)15(31-18)9-16(26)29-2/h3-8,15,18H,9H2,1-2H3,(H,25,27). The van der Waals surface area contributed by atoms with Gasteiger partial charge in [0.05, 0.1) is 31.1 Å². The molecule has 0 spiro atoms. The van der Waals surface area contributed by atoms with Crippen molar-refractivity contribution in [2.24, 2.45) is 0 Å². The Hall–Kier alpha value is -2.59. The van der Waals surface area contributed by atoms with Crippen molar-refractivity contribution in [3.63, 3.8) is 0 Å². The van der Waals surface area contributed by atoms with E-state index in [-0.39, 0.29) is 17.7 Å². The average molecular weight is 476 g/mol. The maximum atomic E-state index is 13.2. The molecule has 31 heavy (non-hydrogen) atoms. The van der Waals surface area contributed by atoms with Crippen molar-refractivity contribution >= 4 is 40.9 Å². The number of para-hydroxylation sites is 1. The summed E-state index contributed by atoms with van der Waals surface area (Å²) in [5.41, 5.74) is 0.926. The van der Waals surface area contributed by atoms with Gasteiger partial charge in [-0.3, -0.25) is 9.59 Å². The number of hydrogen-bond donors (Lipinski definition) is 1. The lowest BCUT2D eigenvalue weighted by Crippen LogP contribution is -2.27. The van der Waals surface area contributed by atoms with E-state index in [1.807, 2.05) is 0 Å². The van der Waals surface area contributed by atoms with Gasteiger partial charge in [-0.1, -0.05) is 23.7 Å². The first-order chi connectivity index (χ1) is 14.6. The number of halogens is 4. The molecule has 3 rings (SSSR count). The number of rotatable bonds is 5. The summed E-state index contributed by atoms with van der Waals surface area (Å²) in [6.45, 7) is 0. The Morgan fingerprint density at radius 3 is 2.58 bits per heavy atom. The van der Waals surface area contributed by atoms with Crippen molar-refractivity contribution in [2.75, 3.05) is 19.5 Å². The zero-order chi connectivity index (χ0) is 22.8. The Labute approximate surface area is 185 Å². The molecule has 6 nitrogen and oxygen atoms in total. The topological polar surface area (TPSA) is 73.9 Å². The maximum Gasteiger partial charge on any atom is 0.573 e. The van der Waals surface area contributed by atoms with Gasteiger partial charge in [0.2, 0.25) is 5.91 Å². The third-order valence-electron chi connectivity index (χ3n) is 4.46. The van der Waals surface area contributed by atoms with Crippen LogP contribution in [0.15, 0.2) is 36.4 Å². The molecule has 1 N–H and O–H groups in total. The number of carbonyl (C=O) groups is 2. The van der Waals surface area contributed by atoms with Gasteiger partial charge in [-0.25, -0.2) is 0 Å². The Kier molecular flexibility index (Phi) is 6.90. The van der Waals surface area contributed by atoms with Crippen LogP contribution in [0.4, 0.5) is 18.9 Å². The molecule has 0 bridgehead atoms. The number of amides is 1. The van der Waals surface area contributed by atoms with Gasteiger partial charge in [-0.05, 0) is 29.8 Å². The summed E-state index contributed by atoms with van der Waals surface area (Å²) in [5.74, 6) is -1.78. The van der Waals surface area contributed by atoms with E-state index in [1.165, 1.54) is 32.4 Å².